The van der Waals surface area contributed by atoms with E-state index in [0.717, 1.165) is 5.56 Å². The Hall–Kier alpha value is -3.10. The number of carbonyl (C=O) groups is 1. The number of amides is 1. The zero-order chi connectivity index (χ0) is 20.7. The normalized spacial score (nSPS) is 20.5. The van der Waals surface area contributed by atoms with Gasteiger partial charge < -0.3 is 19.3 Å². The number of carbonyl (C=O) groups excluding carboxylic acids is 1. The zero-order valence-corrected chi connectivity index (χ0v) is 16.9. The molecule has 2 aliphatic heterocycles. The number of rotatable bonds is 4. The third kappa shape index (κ3) is 3.59. The maximum Gasteiger partial charge on any atom is 0.251 e. The van der Waals surface area contributed by atoms with Crippen molar-refractivity contribution in [1.29, 1.82) is 0 Å². The van der Waals surface area contributed by atoms with E-state index in [1.165, 1.54) is 0 Å². The van der Waals surface area contributed by atoms with Gasteiger partial charge in [0.05, 0.1) is 6.04 Å². The molecule has 0 saturated carbocycles. The van der Waals surface area contributed by atoms with Crippen molar-refractivity contribution in [3.63, 3.8) is 0 Å². The van der Waals surface area contributed by atoms with Gasteiger partial charge in [-0.3, -0.25) is 9.69 Å². The van der Waals surface area contributed by atoms with Crippen LogP contribution in [0.3, 0.4) is 0 Å². The SMILES string of the molecule is CN1CC(NC(=O)c2ccc3c(c2)OCO3)CC1c1nc(-c2ccc(Cl)cc2)no1. The number of nitrogens with zero attached hydrogens (tertiary/aromatic N) is 3. The quantitative estimate of drug-likeness (QED) is 0.684. The Kier molecular flexibility index (Phi) is 4.80. The summed E-state index contributed by atoms with van der Waals surface area (Å²) < 4.78 is 16.2. The molecule has 154 valence electrons. The number of ether oxygens (including phenoxy) is 2. The van der Waals surface area contributed by atoms with E-state index in [1.54, 1.807) is 30.3 Å². The predicted molar refractivity (Wildman–Crippen MR) is 109 cm³/mol. The molecule has 9 heteroatoms. The van der Waals surface area contributed by atoms with Gasteiger partial charge in [0.25, 0.3) is 5.91 Å². The molecule has 1 N–H and O–H groups in total. The number of likely N-dealkylation sites (N-methyl/N-ethyl adjacent to an activating group) is 1. The molecule has 3 aromatic rings. The average Bonchev–Trinajstić information content (AvgIpc) is 3.47. The molecule has 2 aromatic carbocycles. The van der Waals surface area contributed by atoms with E-state index in [4.69, 9.17) is 25.6 Å². The first-order valence-electron chi connectivity index (χ1n) is 9.57. The summed E-state index contributed by atoms with van der Waals surface area (Å²) in [7, 11) is 1.98. The van der Waals surface area contributed by atoms with Crippen LogP contribution in [0.2, 0.25) is 5.02 Å². The molecule has 3 heterocycles. The van der Waals surface area contributed by atoms with Crippen molar-refractivity contribution in [3.05, 3.63) is 58.9 Å². The van der Waals surface area contributed by atoms with Crippen LogP contribution >= 0.6 is 11.6 Å². The fourth-order valence-electron chi connectivity index (χ4n) is 3.79. The number of likely N-dealkylation sites (tertiary alicyclic amines) is 1. The molecular weight excluding hydrogens is 408 g/mol. The lowest BCUT2D eigenvalue weighted by atomic mass is 10.1. The number of fused-ring (bicyclic) bond motifs is 1. The molecule has 1 amide bonds. The van der Waals surface area contributed by atoms with E-state index in [-0.39, 0.29) is 24.8 Å². The fraction of sp³-hybridized carbons (Fsp3) is 0.286. The second-order valence-electron chi connectivity index (χ2n) is 7.39. The third-order valence-electron chi connectivity index (χ3n) is 5.35. The molecule has 0 radical (unpaired) electrons. The van der Waals surface area contributed by atoms with E-state index >= 15 is 0 Å². The van der Waals surface area contributed by atoms with Gasteiger partial charge in [-0.1, -0.05) is 16.8 Å². The second-order valence-corrected chi connectivity index (χ2v) is 7.83. The van der Waals surface area contributed by atoms with E-state index in [9.17, 15) is 4.79 Å². The molecule has 2 aliphatic rings. The monoisotopic (exact) mass is 426 g/mol. The van der Waals surface area contributed by atoms with Crippen LogP contribution in [-0.2, 0) is 0 Å². The number of hydrogen-bond acceptors (Lipinski definition) is 7. The summed E-state index contributed by atoms with van der Waals surface area (Å²) in [5, 5.41) is 7.82. The molecule has 0 bridgehead atoms. The van der Waals surface area contributed by atoms with Crippen LogP contribution in [0.5, 0.6) is 11.5 Å². The largest absolute Gasteiger partial charge is 0.454 e. The van der Waals surface area contributed by atoms with Crippen molar-refractivity contribution in [3.8, 4) is 22.9 Å². The van der Waals surface area contributed by atoms with Gasteiger partial charge >= 0.3 is 0 Å². The Morgan fingerprint density at radius 2 is 1.97 bits per heavy atom. The number of hydrogen-bond donors (Lipinski definition) is 1. The predicted octanol–water partition coefficient (Wildman–Crippen LogP) is 3.29. The average molecular weight is 427 g/mol. The summed E-state index contributed by atoms with van der Waals surface area (Å²) in [5.74, 6) is 2.13. The molecule has 1 aromatic heterocycles. The van der Waals surface area contributed by atoms with Crippen molar-refractivity contribution < 1.29 is 18.8 Å². The molecule has 5 rings (SSSR count). The van der Waals surface area contributed by atoms with Crippen LogP contribution in [0.4, 0.5) is 0 Å². The molecule has 2 unspecified atom stereocenters. The highest BCUT2D eigenvalue weighted by Gasteiger charge is 2.35. The highest BCUT2D eigenvalue weighted by molar-refractivity contribution is 6.30. The smallest absolute Gasteiger partial charge is 0.251 e. The van der Waals surface area contributed by atoms with Gasteiger partial charge in [0.2, 0.25) is 18.5 Å². The van der Waals surface area contributed by atoms with Crippen molar-refractivity contribution in [1.82, 2.24) is 20.4 Å². The van der Waals surface area contributed by atoms with Gasteiger partial charge in [0, 0.05) is 28.7 Å². The summed E-state index contributed by atoms with van der Waals surface area (Å²) in [5.41, 5.74) is 1.37. The van der Waals surface area contributed by atoms with E-state index in [1.807, 2.05) is 19.2 Å². The summed E-state index contributed by atoms with van der Waals surface area (Å²) >= 11 is 5.94. The Morgan fingerprint density at radius 1 is 1.17 bits per heavy atom. The first-order chi connectivity index (χ1) is 14.6. The van der Waals surface area contributed by atoms with Crippen molar-refractivity contribution >= 4 is 17.5 Å². The Morgan fingerprint density at radius 3 is 2.80 bits per heavy atom. The highest BCUT2D eigenvalue weighted by Crippen LogP contribution is 2.33. The minimum atomic E-state index is -0.153. The van der Waals surface area contributed by atoms with Gasteiger partial charge in [-0.2, -0.15) is 4.98 Å². The van der Waals surface area contributed by atoms with Crippen LogP contribution in [0.1, 0.15) is 28.7 Å². The summed E-state index contributed by atoms with van der Waals surface area (Å²) in [6.45, 7) is 0.858. The molecule has 1 saturated heterocycles. The van der Waals surface area contributed by atoms with Gasteiger partial charge in [-0.05, 0) is 55.9 Å². The van der Waals surface area contributed by atoms with Crippen molar-refractivity contribution in [2.24, 2.45) is 0 Å². The Balaban J connectivity index is 1.26. The van der Waals surface area contributed by atoms with E-state index in [0.29, 0.717) is 46.8 Å². The van der Waals surface area contributed by atoms with E-state index < -0.39 is 0 Å². The van der Waals surface area contributed by atoms with Crippen LogP contribution in [0, 0.1) is 0 Å². The number of halogens is 1. The maximum absolute atomic E-state index is 12.7. The zero-order valence-electron chi connectivity index (χ0n) is 16.2. The lowest BCUT2D eigenvalue weighted by Gasteiger charge is -2.14. The fourth-order valence-corrected chi connectivity index (χ4v) is 3.91. The van der Waals surface area contributed by atoms with Gasteiger partial charge in [0.1, 0.15) is 0 Å². The molecule has 8 nitrogen and oxygen atoms in total. The molecule has 0 aliphatic carbocycles. The topological polar surface area (TPSA) is 89.7 Å². The van der Waals surface area contributed by atoms with Crippen molar-refractivity contribution in [2.45, 2.75) is 18.5 Å². The molecule has 2 atom stereocenters. The first kappa shape index (κ1) is 18.9. The highest BCUT2D eigenvalue weighted by atomic mass is 35.5. The summed E-state index contributed by atoms with van der Waals surface area (Å²) in [6, 6.07) is 12.3. The van der Waals surface area contributed by atoms with Crippen LogP contribution in [0.15, 0.2) is 47.0 Å². The number of aromatic nitrogens is 2. The van der Waals surface area contributed by atoms with E-state index in [2.05, 4.69) is 20.4 Å². The van der Waals surface area contributed by atoms with Crippen LogP contribution in [-0.4, -0.2) is 47.4 Å². The summed E-state index contributed by atoms with van der Waals surface area (Å²) in [4.78, 5) is 19.3. The molecular formula is C21H19ClN4O4. The summed E-state index contributed by atoms with van der Waals surface area (Å²) in [6.07, 6.45) is 0.676. The molecule has 30 heavy (non-hydrogen) atoms. The van der Waals surface area contributed by atoms with Crippen LogP contribution < -0.4 is 14.8 Å². The Bertz CT molecular complexity index is 1080. The minimum absolute atomic E-state index is 0.0381. The van der Waals surface area contributed by atoms with Gasteiger partial charge in [0.15, 0.2) is 11.5 Å². The molecule has 0 spiro atoms. The molecule has 1 fully saturated rings. The number of benzene rings is 2. The Labute approximate surface area is 177 Å². The maximum atomic E-state index is 12.7. The van der Waals surface area contributed by atoms with Gasteiger partial charge in [-0.15, -0.1) is 0 Å². The minimum Gasteiger partial charge on any atom is -0.454 e. The standard InChI is InChI=1S/C21H19ClN4O4/c1-26-10-15(23-20(27)13-4-7-17-18(8-13)29-11-28-17)9-16(26)21-24-19(25-30-21)12-2-5-14(22)6-3-12/h2-8,15-16H,9-11H2,1H3,(H,23,27). The third-order valence-corrected chi connectivity index (χ3v) is 5.60. The number of nitrogens with one attached hydrogen (secondary N) is 1. The van der Waals surface area contributed by atoms with Crippen molar-refractivity contribution in [2.75, 3.05) is 20.4 Å². The lowest BCUT2D eigenvalue weighted by molar-refractivity contribution is 0.0938. The van der Waals surface area contributed by atoms with Gasteiger partial charge in [-0.25, -0.2) is 0 Å². The second kappa shape index (κ2) is 7.62. The first-order valence-corrected chi connectivity index (χ1v) is 9.95. The lowest BCUT2D eigenvalue weighted by Crippen LogP contribution is -2.36. The van der Waals surface area contributed by atoms with Crippen LogP contribution in [0.25, 0.3) is 11.4 Å².